The predicted molar refractivity (Wildman–Crippen MR) is 385 cm³/mol. The van der Waals surface area contributed by atoms with Crippen LogP contribution in [0.25, 0.3) is 10.8 Å². The van der Waals surface area contributed by atoms with Crippen molar-refractivity contribution < 1.29 is 58.1 Å². The van der Waals surface area contributed by atoms with Gasteiger partial charge in [-0.05, 0) is 143 Å². The van der Waals surface area contributed by atoms with Crippen LogP contribution in [-0.2, 0) is 40.1 Å². The van der Waals surface area contributed by atoms with Crippen molar-refractivity contribution in [3.8, 4) is 5.75 Å². The summed E-state index contributed by atoms with van der Waals surface area (Å²) in [6, 6.07) is 17.6. The summed E-state index contributed by atoms with van der Waals surface area (Å²) in [6.45, 7) is 1.66. The number of hydrogen-bond acceptors (Lipinski definition) is 32. The molecule has 0 aromatic heterocycles. The van der Waals surface area contributed by atoms with Crippen LogP contribution in [0.4, 0.5) is 39.8 Å². The summed E-state index contributed by atoms with van der Waals surface area (Å²) in [5.41, 5.74) is 18.2. The number of aliphatic hydroxyl groups is 2. The van der Waals surface area contributed by atoms with Crippen molar-refractivity contribution in [2.45, 2.75) is 166 Å². The van der Waals surface area contributed by atoms with Crippen molar-refractivity contribution in [3.05, 3.63) is 84.9 Å². The molecule has 0 radical (unpaired) electrons. The maximum absolute atomic E-state index is 13.8. The van der Waals surface area contributed by atoms with Crippen LogP contribution in [0, 0.1) is 0 Å². The van der Waals surface area contributed by atoms with Crippen LogP contribution in [0.3, 0.4) is 0 Å². The van der Waals surface area contributed by atoms with Gasteiger partial charge in [-0.25, -0.2) is 16.8 Å². The molecule has 21 unspecified atom stereocenters. The molecule has 5 aliphatic heterocycles. The third kappa shape index (κ3) is 13.9. The number of nitrogen functional groups attached to an aromatic ring is 1. The smallest absolute Gasteiger partial charge is 0.296 e. The number of fused-ring (bicyclic) bond motifs is 5. The molecule has 14 rings (SSSR count). The molecule has 17 N–H and O–H groups in total. The van der Waals surface area contributed by atoms with Crippen LogP contribution < -0.4 is 48.5 Å². The molecule has 29 nitrogen and oxygen atoms in total. The molecular weight excluding hydrogens is 1460 g/mol. The fourth-order valence-electron chi connectivity index (χ4n) is 14.9. The van der Waals surface area contributed by atoms with Crippen molar-refractivity contribution in [1.29, 1.82) is 0 Å². The lowest BCUT2D eigenvalue weighted by Crippen LogP contribution is -2.80. The average molecular weight is 1540 g/mol. The molecule has 4 aliphatic carbocycles. The first kappa shape index (κ1) is 71.0. The van der Waals surface area contributed by atoms with E-state index in [9.17, 15) is 58.1 Å². The predicted octanol–water partition coefficient (Wildman–Crippen LogP) is 5.17. The average Bonchev–Trinajstić information content (AvgIpc) is 1.29. The normalized spacial score (nSPS) is 34.5. The van der Waals surface area contributed by atoms with E-state index >= 15 is 0 Å². The Balaban J connectivity index is 0.634. The molecular formula is C59H74N16O13S10. The van der Waals surface area contributed by atoms with Crippen LogP contribution in [0.15, 0.2) is 135 Å². The molecule has 9 fully saturated rings. The van der Waals surface area contributed by atoms with E-state index < -0.39 is 108 Å². The molecule has 0 amide bonds. The first-order valence-corrected chi connectivity index (χ1v) is 44.1. The minimum atomic E-state index is -5.25. The Hall–Kier alpha value is -4.02. The number of nitrogens with two attached hydrogens (primary N) is 3. The van der Waals surface area contributed by atoms with Crippen LogP contribution in [0.2, 0.25) is 0 Å². The summed E-state index contributed by atoms with van der Waals surface area (Å²) in [5.74, 6) is -1.21. The topological polar surface area (TPSA) is 465 Å². The van der Waals surface area contributed by atoms with Gasteiger partial charge >= 0.3 is 0 Å². The number of anilines is 2. The Kier molecular flexibility index (Phi) is 20.2. The van der Waals surface area contributed by atoms with E-state index in [2.05, 4.69) is 68.6 Å². The second-order valence-corrected chi connectivity index (χ2v) is 40.9. The molecule has 528 valence electrons. The van der Waals surface area contributed by atoms with Gasteiger partial charge in [0.05, 0.1) is 72.4 Å². The van der Waals surface area contributed by atoms with Crippen LogP contribution in [0.1, 0.15) is 25.7 Å². The molecule has 39 heteroatoms. The van der Waals surface area contributed by atoms with Gasteiger partial charge in [-0.2, -0.15) is 37.3 Å². The van der Waals surface area contributed by atoms with Gasteiger partial charge in [0.1, 0.15) is 27.2 Å². The lowest BCUT2D eigenvalue weighted by atomic mass is 9.75. The molecule has 5 aromatic carbocycles. The molecule has 5 saturated heterocycles. The largest absolute Gasteiger partial charge is 0.505 e. The summed E-state index contributed by atoms with van der Waals surface area (Å²) in [7, 11) is -7.19. The van der Waals surface area contributed by atoms with Crippen LogP contribution in [-0.4, -0.2) is 223 Å². The molecule has 0 spiro atoms. The maximum atomic E-state index is 13.8. The van der Waals surface area contributed by atoms with Gasteiger partial charge in [0.15, 0.2) is 15.6 Å². The van der Waals surface area contributed by atoms with Gasteiger partial charge in [0.25, 0.3) is 30.3 Å². The molecule has 5 aromatic rings. The van der Waals surface area contributed by atoms with E-state index in [1.165, 1.54) is 60.7 Å². The number of hydrogen-bond donors (Lipinski definition) is 14. The van der Waals surface area contributed by atoms with E-state index in [0.29, 0.717) is 34.0 Å². The number of thioether (sulfide) groups is 2. The summed E-state index contributed by atoms with van der Waals surface area (Å²) in [5, 5.41) is 80.3. The number of sulfone groups is 1. The number of phenolic OH excluding ortho intramolecular Hbond substituents is 1. The molecule has 21 atom stereocenters. The number of nitrogens with one attached hydrogen (secondary N) is 6. The Labute approximate surface area is 591 Å². The minimum absolute atomic E-state index is 0.00187. The maximum Gasteiger partial charge on any atom is 0.296 e. The molecule has 4 saturated carbocycles. The number of nitrogens with zero attached hydrogens (tertiary/aromatic N) is 7. The van der Waals surface area contributed by atoms with Gasteiger partial charge < -0.3 is 64.0 Å². The highest BCUT2D eigenvalue weighted by Gasteiger charge is 2.64. The van der Waals surface area contributed by atoms with Crippen LogP contribution in [0.5, 0.6) is 5.75 Å². The first-order valence-electron chi connectivity index (χ1n) is 31.7. The van der Waals surface area contributed by atoms with Crippen molar-refractivity contribution in [2.24, 2.45) is 42.2 Å². The molecule has 98 heavy (non-hydrogen) atoms. The van der Waals surface area contributed by atoms with Gasteiger partial charge in [-0.1, -0.05) is 43.2 Å². The number of aliphatic hydroxyl groups excluding tert-OH is 2. The Bertz CT molecular complexity index is 4450. The quantitative estimate of drug-likeness (QED) is 0.0167. The van der Waals surface area contributed by atoms with Gasteiger partial charge in [0.2, 0.25) is 0 Å². The lowest BCUT2D eigenvalue weighted by molar-refractivity contribution is 0.0752. The molecule has 9 aliphatic rings. The SMILES string of the molecule is CN(C)CCCNCCS(=O)(=O)c1ccc(N=Nc2c(S(=O)(=O)O)cc3cc(S(=O)(=O)O)c(N=Nc4ccc(S(=O)(=O)Nc5ccc(N=NC6C(N)C(O)C7SSC8C9NC%10CC%11NC%12CC(N)C(O)C%13SSC(C%10NC9CC9NC6C7SC98)C%11SC%12%13)cc5)cc4)c(N)c3c2O)cc1. The number of azo groups is 3. The second-order valence-electron chi connectivity index (χ2n) is 26.3. The second kappa shape index (κ2) is 27.9. The van der Waals surface area contributed by atoms with Crippen molar-refractivity contribution in [1.82, 2.24) is 31.5 Å². The van der Waals surface area contributed by atoms with E-state index in [0.717, 1.165) is 44.4 Å². The Morgan fingerprint density at radius 1 is 0.571 bits per heavy atom. The highest BCUT2D eigenvalue weighted by atomic mass is 33.1. The van der Waals surface area contributed by atoms with Gasteiger partial charge in [0, 0.05) is 98.1 Å². The van der Waals surface area contributed by atoms with Crippen molar-refractivity contribution in [2.75, 3.05) is 49.9 Å². The lowest BCUT2D eigenvalue weighted by Gasteiger charge is -2.60. The first-order chi connectivity index (χ1) is 46.6. The number of benzene rings is 5. The van der Waals surface area contributed by atoms with Crippen LogP contribution >= 0.6 is 66.7 Å². The zero-order valence-electron chi connectivity index (χ0n) is 52.3. The monoisotopic (exact) mass is 1530 g/mol. The number of phenols is 1. The fraction of sp³-hybridized carbons (Fsp3) is 0.525. The standard InChI is InChI=1S/C59H74N16O13S10/c1-75(2)18-3-16-63-17-19-95(79,80)30-12-8-27(9-13-30)69-72-46-39(98(86,87)88)21-25-20-38(97(83,84)85)45(41(61)40(25)50(46)77)71-68-28-10-14-31(15-11-28)96(81,82)74-29-6-4-26(5-7-29)70-73-47-42(62)51(78)59-55-48(47)67-37-24-34-44(57(92-94-59)53(37)90-55)65-33-23-36-52-56(43(33)66-34)91-93-58-49(76)32(60)22-35(64-36)54(58)89-52/h4-15,20-21,32-37,42-44,47-49,51-59,63-67,74,76-78H,3,16-19,22-24,60-62H2,1-2H3,(H,83,84,85)(H,86,87,88). The summed E-state index contributed by atoms with van der Waals surface area (Å²) >= 11 is 4.03. The fourth-order valence-corrected chi connectivity index (χ4v) is 31.8. The summed E-state index contributed by atoms with van der Waals surface area (Å²) in [6.07, 6.45) is 2.12. The number of piperazine rings is 1. The third-order valence-corrected chi connectivity index (χ3v) is 35.8. The highest BCUT2D eigenvalue weighted by molar-refractivity contribution is 8.77. The zero-order valence-corrected chi connectivity index (χ0v) is 60.5. The van der Waals surface area contributed by atoms with Gasteiger partial charge in [-0.3, -0.25) is 13.8 Å². The van der Waals surface area contributed by atoms with E-state index in [-0.39, 0.29) is 114 Å². The summed E-state index contributed by atoms with van der Waals surface area (Å²) < 4.78 is 128. The van der Waals surface area contributed by atoms with Gasteiger partial charge in [-0.15, -0.1) is 33.8 Å². The Morgan fingerprint density at radius 3 is 1.67 bits per heavy atom. The molecule has 4 bridgehead atoms. The number of aromatic hydroxyl groups is 1. The number of rotatable bonds is 19. The minimum Gasteiger partial charge on any atom is -0.505 e. The summed E-state index contributed by atoms with van der Waals surface area (Å²) in [4.78, 5) is -0.256. The van der Waals surface area contributed by atoms with E-state index in [4.69, 9.17) is 22.3 Å². The third-order valence-electron chi connectivity index (χ3n) is 19.7. The van der Waals surface area contributed by atoms with E-state index in [1.54, 1.807) is 22.9 Å². The highest BCUT2D eigenvalue weighted by Crippen LogP contribution is 2.60. The Morgan fingerprint density at radius 2 is 1.07 bits per heavy atom. The van der Waals surface area contributed by atoms with Crippen molar-refractivity contribution in [3.63, 3.8) is 0 Å². The number of sulfonamides is 1. The van der Waals surface area contributed by atoms with Crippen molar-refractivity contribution >= 4 is 157 Å². The molecule has 5 heterocycles. The zero-order chi connectivity index (χ0) is 69.1. The van der Waals surface area contributed by atoms with E-state index in [1.807, 2.05) is 63.1 Å².